The van der Waals surface area contributed by atoms with Crippen LogP contribution in [0.2, 0.25) is 0 Å². The van der Waals surface area contributed by atoms with E-state index in [1.54, 1.807) is 0 Å². The molecule has 1 aromatic carbocycles. The summed E-state index contributed by atoms with van der Waals surface area (Å²) in [5.74, 6) is -1.90. The van der Waals surface area contributed by atoms with Gasteiger partial charge in [0.15, 0.2) is 5.82 Å². The number of hydrogen-bond acceptors (Lipinski definition) is 4. The second-order valence-corrected chi connectivity index (χ2v) is 4.85. The lowest BCUT2D eigenvalue weighted by Gasteiger charge is -2.10. The van der Waals surface area contributed by atoms with Gasteiger partial charge in [0, 0.05) is 18.7 Å². The first-order chi connectivity index (χ1) is 10.5. The van der Waals surface area contributed by atoms with E-state index in [1.807, 2.05) is 0 Å². The fourth-order valence-electron chi connectivity index (χ4n) is 1.94. The van der Waals surface area contributed by atoms with E-state index >= 15 is 0 Å². The zero-order valence-electron chi connectivity index (χ0n) is 12.1. The van der Waals surface area contributed by atoms with Crippen LogP contribution in [0.5, 0.6) is 5.75 Å². The van der Waals surface area contributed by atoms with Crippen molar-refractivity contribution in [1.82, 2.24) is 15.1 Å². The summed E-state index contributed by atoms with van der Waals surface area (Å²) in [5.41, 5.74) is -0.638. The minimum absolute atomic E-state index is 0.166. The van der Waals surface area contributed by atoms with Gasteiger partial charge in [-0.25, -0.2) is 8.78 Å². The fraction of sp³-hybridized carbons (Fsp3) is 0.333. The molecule has 0 saturated carbocycles. The van der Waals surface area contributed by atoms with Crippen molar-refractivity contribution in [1.29, 1.82) is 0 Å². The molecule has 2 aromatic rings. The summed E-state index contributed by atoms with van der Waals surface area (Å²) in [4.78, 5) is 11.9. The van der Waals surface area contributed by atoms with Gasteiger partial charge < -0.3 is 10.4 Å². The van der Waals surface area contributed by atoms with Crippen molar-refractivity contribution >= 4 is 0 Å². The third-order valence-corrected chi connectivity index (χ3v) is 3.12. The molecule has 0 unspecified atom stereocenters. The number of benzene rings is 1. The van der Waals surface area contributed by atoms with E-state index in [1.165, 1.54) is 0 Å². The normalized spacial score (nSPS) is 10.9. The molecular formula is C15H17F2N3O2. The average Bonchev–Trinajstić information content (AvgIpc) is 2.46. The summed E-state index contributed by atoms with van der Waals surface area (Å²) in [5, 5.41) is 16.8. The molecule has 0 radical (unpaired) electrons. The molecule has 0 aliphatic rings. The molecule has 0 spiro atoms. The Morgan fingerprint density at radius 3 is 2.77 bits per heavy atom. The molecule has 0 saturated heterocycles. The van der Waals surface area contributed by atoms with Gasteiger partial charge in [0.05, 0.1) is 0 Å². The molecule has 0 aliphatic heterocycles. The molecule has 0 bridgehead atoms. The highest BCUT2D eigenvalue weighted by Gasteiger charge is 2.13. The van der Waals surface area contributed by atoms with Gasteiger partial charge in [-0.1, -0.05) is 13.3 Å². The first-order valence-electron chi connectivity index (χ1n) is 7.01. The van der Waals surface area contributed by atoms with Crippen LogP contribution in [-0.4, -0.2) is 21.4 Å². The number of aromatic hydroxyl groups is 1. The van der Waals surface area contributed by atoms with Crippen LogP contribution < -0.4 is 10.9 Å². The van der Waals surface area contributed by atoms with Crippen molar-refractivity contribution in [2.75, 3.05) is 6.54 Å². The van der Waals surface area contributed by atoms with Crippen molar-refractivity contribution in [3.63, 3.8) is 0 Å². The first-order valence-corrected chi connectivity index (χ1v) is 7.01. The third-order valence-electron chi connectivity index (χ3n) is 3.12. The highest BCUT2D eigenvalue weighted by molar-refractivity contribution is 5.34. The highest BCUT2D eigenvalue weighted by atomic mass is 19.1. The standard InChI is InChI=1S/C15H17F2N3O2/c1-2-3-6-18-9-12-14(21)8-15(22)20(19-12)13-5-4-10(16)7-11(13)17/h4-5,7-8,18,21H,2-3,6,9H2,1H3. The maximum atomic E-state index is 13.8. The third kappa shape index (κ3) is 3.67. The van der Waals surface area contributed by atoms with E-state index in [0.717, 1.165) is 42.3 Å². The maximum absolute atomic E-state index is 13.8. The van der Waals surface area contributed by atoms with Gasteiger partial charge >= 0.3 is 0 Å². The predicted octanol–water partition coefficient (Wildman–Crippen LogP) is 2.11. The minimum Gasteiger partial charge on any atom is -0.506 e. The highest BCUT2D eigenvalue weighted by Crippen LogP contribution is 2.15. The lowest BCUT2D eigenvalue weighted by molar-refractivity contribution is 0.450. The molecule has 0 fully saturated rings. The Labute approximate surface area is 126 Å². The van der Waals surface area contributed by atoms with E-state index in [9.17, 15) is 18.7 Å². The Morgan fingerprint density at radius 2 is 2.09 bits per heavy atom. The molecule has 0 aliphatic carbocycles. The van der Waals surface area contributed by atoms with E-state index < -0.39 is 17.2 Å². The monoisotopic (exact) mass is 309 g/mol. The summed E-state index contributed by atoms with van der Waals surface area (Å²) in [7, 11) is 0. The first kappa shape index (κ1) is 16.1. The molecule has 2 N–H and O–H groups in total. The molecule has 118 valence electrons. The smallest absolute Gasteiger partial charge is 0.275 e. The Bertz CT molecular complexity index is 716. The maximum Gasteiger partial charge on any atom is 0.275 e. The van der Waals surface area contributed by atoms with Crippen LogP contribution in [0.4, 0.5) is 8.78 Å². The summed E-state index contributed by atoms with van der Waals surface area (Å²) in [6, 6.07) is 3.81. The van der Waals surface area contributed by atoms with E-state index in [0.29, 0.717) is 6.07 Å². The number of hydrogen-bond donors (Lipinski definition) is 2. The van der Waals surface area contributed by atoms with Gasteiger partial charge in [0.2, 0.25) is 0 Å². The molecule has 22 heavy (non-hydrogen) atoms. The molecule has 1 aromatic heterocycles. The molecule has 7 heteroatoms. The molecule has 5 nitrogen and oxygen atoms in total. The fourth-order valence-corrected chi connectivity index (χ4v) is 1.94. The van der Waals surface area contributed by atoms with Crippen LogP contribution in [-0.2, 0) is 6.54 Å². The van der Waals surface area contributed by atoms with Crippen molar-refractivity contribution in [2.24, 2.45) is 0 Å². The van der Waals surface area contributed by atoms with Gasteiger partial charge in [-0.2, -0.15) is 9.78 Å². The average molecular weight is 309 g/mol. The van der Waals surface area contributed by atoms with Gasteiger partial charge in [0.25, 0.3) is 5.56 Å². The van der Waals surface area contributed by atoms with Crippen molar-refractivity contribution < 1.29 is 13.9 Å². The van der Waals surface area contributed by atoms with Crippen LogP contribution in [0.25, 0.3) is 5.69 Å². The number of nitrogens with one attached hydrogen (secondary N) is 1. The SMILES string of the molecule is CCCCNCc1nn(-c2ccc(F)cc2F)c(=O)cc1O. The quantitative estimate of drug-likeness (QED) is 0.802. The van der Waals surface area contributed by atoms with Crippen LogP contribution in [0.1, 0.15) is 25.5 Å². The van der Waals surface area contributed by atoms with Crippen LogP contribution in [0, 0.1) is 11.6 Å². The molecule has 2 rings (SSSR count). The lowest BCUT2D eigenvalue weighted by Crippen LogP contribution is -2.25. The number of nitrogens with zero attached hydrogens (tertiary/aromatic N) is 2. The predicted molar refractivity (Wildman–Crippen MR) is 78.0 cm³/mol. The number of rotatable bonds is 6. The van der Waals surface area contributed by atoms with E-state index in [4.69, 9.17) is 0 Å². The summed E-state index contributed by atoms with van der Waals surface area (Å²) >= 11 is 0. The van der Waals surface area contributed by atoms with Crippen molar-refractivity contribution in [2.45, 2.75) is 26.3 Å². The largest absolute Gasteiger partial charge is 0.506 e. The Kier molecular flexibility index (Phi) is 5.21. The summed E-state index contributed by atoms with van der Waals surface area (Å²) in [6.45, 7) is 3.03. The number of unbranched alkanes of at least 4 members (excludes halogenated alkanes) is 1. The van der Waals surface area contributed by atoms with Gasteiger partial charge in [0.1, 0.15) is 22.9 Å². The van der Waals surface area contributed by atoms with E-state index in [2.05, 4.69) is 17.3 Å². The lowest BCUT2D eigenvalue weighted by atomic mass is 10.3. The Balaban J connectivity index is 2.33. The van der Waals surface area contributed by atoms with Crippen LogP contribution in [0.3, 0.4) is 0 Å². The topological polar surface area (TPSA) is 67.2 Å². The molecule has 0 atom stereocenters. The van der Waals surface area contributed by atoms with Gasteiger partial charge in [-0.15, -0.1) is 0 Å². The van der Waals surface area contributed by atoms with Crippen LogP contribution in [0.15, 0.2) is 29.1 Å². The Morgan fingerprint density at radius 1 is 1.32 bits per heavy atom. The zero-order valence-corrected chi connectivity index (χ0v) is 12.1. The second-order valence-electron chi connectivity index (χ2n) is 4.85. The molecular weight excluding hydrogens is 292 g/mol. The molecule has 0 amide bonds. The Hall–Kier alpha value is -2.28. The zero-order chi connectivity index (χ0) is 16.1. The second kappa shape index (κ2) is 7.13. The number of halogens is 2. The van der Waals surface area contributed by atoms with Gasteiger partial charge in [-0.3, -0.25) is 4.79 Å². The van der Waals surface area contributed by atoms with Crippen LogP contribution >= 0.6 is 0 Å². The summed E-state index contributed by atoms with van der Waals surface area (Å²) < 4.78 is 27.5. The number of aromatic nitrogens is 2. The van der Waals surface area contributed by atoms with Crippen molar-refractivity contribution in [3.8, 4) is 11.4 Å². The molecule has 1 heterocycles. The van der Waals surface area contributed by atoms with E-state index in [-0.39, 0.29) is 23.7 Å². The summed E-state index contributed by atoms with van der Waals surface area (Å²) in [6.07, 6.45) is 1.99. The van der Waals surface area contributed by atoms with Crippen molar-refractivity contribution in [3.05, 3.63) is 51.9 Å². The van der Waals surface area contributed by atoms with Gasteiger partial charge in [-0.05, 0) is 25.1 Å². The minimum atomic E-state index is -0.898.